The molecule has 0 aliphatic carbocycles. The van der Waals surface area contributed by atoms with Crippen molar-refractivity contribution in [2.75, 3.05) is 6.54 Å². The van der Waals surface area contributed by atoms with E-state index < -0.39 is 0 Å². The highest BCUT2D eigenvalue weighted by Gasteiger charge is 2.16. The zero-order valence-corrected chi connectivity index (χ0v) is 15.6. The van der Waals surface area contributed by atoms with Crippen LogP contribution in [0.1, 0.15) is 18.4 Å². The van der Waals surface area contributed by atoms with Gasteiger partial charge in [0, 0.05) is 20.4 Å². The molecule has 23 heavy (non-hydrogen) atoms. The van der Waals surface area contributed by atoms with E-state index in [0.717, 1.165) is 40.5 Å². The first-order valence-corrected chi connectivity index (χ1v) is 9.11. The maximum atomic E-state index is 6.43. The van der Waals surface area contributed by atoms with E-state index in [9.17, 15) is 0 Å². The lowest BCUT2D eigenvalue weighted by Crippen LogP contribution is -1.99. The number of aryl methyl sites for hydroxylation is 1. The molecule has 1 aromatic heterocycles. The van der Waals surface area contributed by atoms with E-state index in [1.807, 2.05) is 18.2 Å². The zero-order chi connectivity index (χ0) is 16.4. The smallest absolute Gasteiger partial charge is 0.0606 e. The number of nitrogens with two attached hydrogens (primary N) is 1. The molecule has 3 N–H and O–H groups in total. The van der Waals surface area contributed by atoms with Gasteiger partial charge in [-0.3, -0.25) is 0 Å². The van der Waals surface area contributed by atoms with Crippen molar-refractivity contribution in [3.8, 4) is 11.3 Å². The molecule has 0 saturated carbocycles. The van der Waals surface area contributed by atoms with Crippen molar-refractivity contribution in [1.82, 2.24) is 4.98 Å². The summed E-state index contributed by atoms with van der Waals surface area (Å²) in [5.74, 6) is 0. The van der Waals surface area contributed by atoms with Crippen molar-refractivity contribution >= 4 is 50.0 Å². The van der Waals surface area contributed by atoms with E-state index in [4.69, 9.17) is 28.9 Å². The summed E-state index contributed by atoms with van der Waals surface area (Å²) in [6.07, 6.45) is 3.02. The number of para-hydroxylation sites is 1. The average Bonchev–Trinajstić information content (AvgIpc) is 2.88. The van der Waals surface area contributed by atoms with Crippen LogP contribution < -0.4 is 5.73 Å². The van der Waals surface area contributed by atoms with Crippen LogP contribution in [0.3, 0.4) is 0 Å². The number of halogens is 3. The molecule has 2 nitrogen and oxygen atoms in total. The van der Waals surface area contributed by atoms with Gasteiger partial charge >= 0.3 is 0 Å². The molecule has 0 saturated heterocycles. The fraction of sp³-hybridized carbons (Fsp3) is 0.222. The van der Waals surface area contributed by atoms with Gasteiger partial charge in [0.15, 0.2) is 0 Å². The molecule has 3 aromatic rings. The van der Waals surface area contributed by atoms with Crippen LogP contribution in [0, 0.1) is 0 Å². The molecule has 0 fully saturated rings. The van der Waals surface area contributed by atoms with Gasteiger partial charge in [0.1, 0.15) is 0 Å². The Labute approximate surface area is 154 Å². The van der Waals surface area contributed by atoms with Gasteiger partial charge < -0.3 is 10.7 Å². The third-order valence-electron chi connectivity index (χ3n) is 3.97. The molecular weight excluding hydrogens is 395 g/mol. The van der Waals surface area contributed by atoms with Crippen LogP contribution in [-0.4, -0.2) is 11.5 Å². The van der Waals surface area contributed by atoms with E-state index in [-0.39, 0.29) is 0 Å². The minimum Gasteiger partial charge on any atom is -0.353 e. The highest BCUT2D eigenvalue weighted by molar-refractivity contribution is 9.10. The molecule has 120 valence electrons. The number of nitrogens with one attached hydrogen (secondary N) is 1. The first-order chi connectivity index (χ1) is 11.1. The van der Waals surface area contributed by atoms with Crippen molar-refractivity contribution < 1.29 is 0 Å². The SMILES string of the molecule is NCCCCc1c(-c2ccc(Cl)cc2Cl)[nH]c2c(Br)cccc12. The first-order valence-electron chi connectivity index (χ1n) is 7.56. The minimum atomic E-state index is 0.640. The second-order valence-corrected chi connectivity index (χ2v) is 7.21. The average molecular weight is 412 g/mol. The molecule has 5 heteroatoms. The molecule has 0 atom stereocenters. The molecule has 0 radical (unpaired) electrons. The van der Waals surface area contributed by atoms with E-state index in [1.165, 1.54) is 10.9 Å². The van der Waals surface area contributed by atoms with Crippen molar-refractivity contribution in [3.63, 3.8) is 0 Å². The number of rotatable bonds is 5. The second-order valence-electron chi connectivity index (χ2n) is 5.51. The van der Waals surface area contributed by atoms with Crippen LogP contribution in [-0.2, 0) is 6.42 Å². The fourth-order valence-corrected chi connectivity index (χ4v) is 3.83. The predicted octanol–water partition coefficient (Wildman–Crippen LogP) is 6.19. The van der Waals surface area contributed by atoms with Crippen LogP contribution in [0.2, 0.25) is 10.0 Å². The van der Waals surface area contributed by atoms with Crippen LogP contribution in [0.4, 0.5) is 0 Å². The number of aromatic nitrogens is 1. The molecular formula is C18H17BrCl2N2. The molecule has 2 aromatic carbocycles. The monoisotopic (exact) mass is 410 g/mol. The van der Waals surface area contributed by atoms with E-state index >= 15 is 0 Å². The lowest BCUT2D eigenvalue weighted by Gasteiger charge is -2.07. The molecule has 0 aliphatic rings. The van der Waals surface area contributed by atoms with Gasteiger partial charge in [-0.15, -0.1) is 0 Å². The highest BCUT2D eigenvalue weighted by atomic mass is 79.9. The number of H-pyrrole nitrogens is 1. The summed E-state index contributed by atoms with van der Waals surface area (Å²) in [7, 11) is 0. The molecule has 0 aliphatic heterocycles. The van der Waals surface area contributed by atoms with Crippen molar-refractivity contribution in [2.45, 2.75) is 19.3 Å². The number of aromatic amines is 1. The number of hydrogen-bond donors (Lipinski definition) is 2. The third-order valence-corrected chi connectivity index (χ3v) is 5.18. The molecule has 0 unspecified atom stereocenters. The number of hydrogen-bond acceptors (Lipinski definition) is 1. The Balaban J connectivity index is 2.17. The molecule has 3 rings (SSSR count). The largest absolute Gasteiger partial charge is 0.353 e. The Hall–Kier alpha value is -1.00. The summed E-state index contributed by atoms with van der Waals surface area (Å²) >= 11 is 16.1. The summed E-state index contributed by atoms with van der Waals surface area (Å²) in [6.45, 7) is 0.711. The van der Waals surface area contributed by atoms with Gasteiger partial charge in [-0.05, 0) is 71.6 Å². The summed E-state index contributed by atoms with van der Waals surface area (Å²) in [5, 5.41) is 2.51. The minimum absolute atomic E-state index is 0.640. The Bertz CT molecular complexity index is 842. The van der Waals surface area contributed by atoms with Crippen LogP contribution in [0.15, 0.2) is 40.9 Å². The Kier molecular flexibility index (Phi) is 5.32. The molecule has 0 amide bonds. The standard InChI is InChI=1S/C18H17BrCl2N2/c19-15-6-3-5-13-12(4-1-2-9-22)17(23-18(13)15)14-8-7-11(20)10-16(14)21/h3,5-8,10,23H,1-2,4,9,22H2. The van der Waals surface area contributed by atoms with Gasteiger partial charge in [-0.25, -0.2) is 0 Å². The normalized spacial score (nSPS) is 11.3. The first kappa shape index (κ1) is 16.8. The topological polar surface area (TPSA) is 41.8 Å². The van der Waals surface area contributed by atoms with Gasteiger partial charge in [-0.1, -0.05) is 35.3 Å². The lowest BCUT2D eigenvalue weighted by molar-refractivity contribution is 0.748. The number of benzene rings is 2. The van der Waals surface area contributed by atoms with Gasteiger partial charge in [-0.2, -0.15) is 0 Å². The van der Waals surface area contributed by atoms with Crippen LogP contribution >= 0.6 is 39.1 Å². The maximum Gasteiger partial charge on any atom is 0.0606 e. The zero-order valence-electron chi connectivity index (χ0n) is 12.5. The van der Waals surface area contributed by atoms with Crippen LogP contribution in [0.25, 0.3) is 22.2 Å². The highest BCUT2D eigenvalue weighted by Crippen LogP contribution is 2.38. The van der Waals surface area contributed by atoms with E-state index in [0.29, 0.717) is 16.6 Å². The molecule has 1 heterocycles. The Morgan fingerprint density at radius 2 is 1.91 bits per heavy atom. The van der Waals surface area contributed by atoms with Crippen molar-refractivity contribution in [1.29, 1.82) is 0 Å². The van der Waals surface area contributed by atoms with Crippen molar-refractivity contribution in [2.24, 2.45) is 5.73 Å². The van der Waals surface area contributed by atoms with Gasteiger partial charge in [0.2, 0.25) is 0 Å². The number of unbranched alkanes of at least 4 members (excludes halogenated alkanes) is 1. The fourth-order valence-electron chi connectivity index (χ4n) is 2.87. The van der Waals surface area contributed by atoms with Gasteiger partial charge in [0.05, 0.1) is 16.2 Å². The third kappa shape index (κ3) is 3.43. The maximum absolute atomic E-state index is 6.43. The summed E-state index contributed by atoms with van der Waals surface area (Å²) in [4.78, 5) is 3.53. The summed E-state index contributed by atoms with van der Waals surface area (Å²) in [5.41, 5.74) is 10.0. The van der Waals surface area contributed by atoms with Gasteiger partial charge in [0.25, 0.3) is 0 Å². The Morgan fingerprint density at radius 3 is 2.65 bits per heavy atom. The summed E-state index contributed by atoms with van der Waals surface area (Å²) in [6, 6.07) is 11.8. The predicted molar refractivity (Wildman–Crippen MR) is 103 cm³/mol. The quantitative estimate of drug-likeness (QED) is 0.483. The van der Waals surface area contributed by atoms with Crippen LogP contribution in [0.5, 0.6) is 0 Å². The molecule has 0 spiro atoms. The summed E-state index contributed by atoms with van der Waals surface area (Å²) < 4.78 is 1.05. The number of fused-ring (bicyclic) bond motifs is 1. The molecule has 0 bridgehead atoms. The van der Waals surface area contributed by atoms with E-state index in [1.54, 1.807) is 6.07 Å². The second kappa shape index (κ2) is 7.27. The lowest BCUT2D eigenvalue weighted by atomic mass is 10.0. The van der Waals surface area contributed by atoms with Crippen molar-refractivity contribution in [3.05, 3.63) is 56.5 Å². The van der Waals surface area contributed by atoms with E-state index in [2.05, 4.69) is 33.0 Å². The Morgan fingerprint density at radius 1 is 1.09 bits per heavy atom.